The Hall–Kier alpha value is -3.08. The third kappa shape index (κ3) is 5.58. The lowest BCUT2D eigenvalue weighted by molar-refractivity contribution is -0.136. The van der Waals surface area contributed by atoms with E-state index >= 15 is 0 Å². The molecule has 11 heteroatoms. The number of carbonyl (C=O) groups excluding carboxylic acids is 1. The summed E-state index contributed by atoms with van der Waals surface area (Å²) in [6.45, 7) is -0.557. The third-order valence-electron chi connectivity index (χ3n) is 5.07. The van der Waals surface area contributed by atoms with Crippen molar-refractivity contribution in [2.24, 2.45) is 0 Å². The molecule has 0 spiro atoms. The average molecular weight is 459 g/mol. The summed E-state index contributed by atoms with van der Waals surface area (Å²) in [5, 5.41) is 2.22. The van der Waals surface area contributed by atoms with E-state index in [2.05, 4.69) is 15.0 Å². The summed E-state index contributed by atoms with van der Waals surface area (Å²) in [5.74, 6) is -1.37. The fourth-order valence-corrected chi connectivity index (χ4v) is 3.34. The Kier molecular flexibility index (Phi) is 7.07. The minimum atomic E-state index is -4.71. The van der Waals surface area contributed by atoms with E-state index < -0.39 is 35.7 Å². The van der Waals surface area contributed by atoms with Gasteiger partial charge in [-0.25, -0.2) is 0 Å². The molecule has 0 bridgehead atoms. The van der Waals surface area contributed by atoms with E-state index in [0.29, 0.717) is 18.8 Å². The molecule has 1 heterocycles. The highest BCUT2D eigenvalue weighted by atomic mass is 19.4. The van der Waals surface area contributed by atoms with Crippen LogP contribution in [0.15, 0.2) is 36.4 Å². The lowest BCUT2D eigenvalue weighted by Crippen LogP contribution is -2.44. The molecule has 0 atom stereocenters. The van der Waals surface area contributed by atoms with E-state index in [1.165, 1.54) is 31.4 Å². The Labute approximate surface area is 181 Å². The first-order chi connectivity index (χ1) is 15.1. The number of halogens is 5. The van der Waals surface area contributed by atoms with Gasteiger partial charge in [-0.1, -0.05) is 0 Å². The number of hydrogen-bond donors (Lipinski definition) is 1. The molecule has 0 aliphatic carbocycles. The molecule has 0 aromatic heterocycles. The molecule has 2 aromatic rings. The van der Waals surface area contributed by atoms with Crippen molar-refractivity contribution in [3.63, 3.8) is 0 Å². The van der Waals surface area contributed by atoms with Gasteiger partial charge in [0, 0.05) is 37.4 Å². The van der Waals surface area contributed by atoms with Crippen LogP contribution in [0.4, 0.5) is 33.3 Å². The van der Waals surface area contributed by atoms with Crippen molar-refractivity contribution < 1.29 is 36.2 Å². The second kappa shape index (κ2) is 9.60. The summed E-state index contributed by atoms with van der Waals surface area (Å²) in [7, 11) is 3.17. The van der Waals surface area contributed by atoms with Gasteiger partial charge >= 0.3 is 12.8 Å². The molecular weight excluding hydrogens is 437 g/mol. The van der Waals surface area contributed by atoms with E-state index in [4.69, 9.17) is 4.74 Å². The Morgan fingerprint density at radius 1 is 1.03 bits per heavy atom. The Bertz CT molecular complexity index is 960. The number of piperazine rings is 1. The zero-order valence-corrected chi connectivity index (χ0v) is 17.4. The SMILES string of the molecule is COc1ccc(C(=O)Nc2ccc(N3CCN(C)CC3)cc2C(F)(F)F)cc1OC(F)F. The zero-order chi connectivity index (χ0) is 23.5. The highest BCUT2D eigenvalue weighted by molar-refractivity contribution is 6.05. The maximum absolute atomic E-state index is 13.7. The summed E-state index contributed by atoms with van der Waals surface area (Å²) in [4.78, 5) is 16.5. The molecule has 0 unspecified atom stereocenters. The molecule has 1 amide bonds. The largest absolute Gasteiger partial charge is 0.493 e. The summed E-state index contributed by atoms with van der Waals surface area (Å²) in [5.41, 5.74) is -1.20. The number of anilines is 2. The van der Waals surface area contributed by atoms with Crippen molar-refractivity contribution in [1.29, 1.82) is 0 Å². The van der Waals surface area contributed by atoms with E-state index in [-0.39, 0.29) is 11.3 Å². The number of benzene rings is 2. The van der Waals surface area contributed by atoms with Gasteiger partial charge in [-0.15, -0.1) is 0 Å². The number of carbonyl (C=O) groups is 1. The minimum absolute atomic E-state index is 0.0469. The maximum atomic E-state index is 13.7. The van der Waals surface area contributed by atoms with Crippen LogP contribution in [-0.2, 0) is 6.18 Å². The minimum Gasteiger partial charge on any atom is -0.493 e. The first-order valence-corrected chi connectivity index (χ1v) is 9.67. The van der Waals surface area contributed by atoms with Crippen LogP contribution >= 0.6 is 0 Å². The normalized spacial score (nSPS) is 15.1. The number of hydrogen-bond acceptors (Lipinski definition) is 5. The van der Waals surface area contributed by atoms with Gasteiger partial charge in [0.1, 0.15) is 0 Å². The van der Waals surface area contributed by atoms with Crippen LogP contribution in [-0.4, -0.2) is 57.8 Å². The zero-order valence-electron chi connectivity index (χ0n) is 17.4. The van der Waals surface area contributed by atoms with Crippen LogP contribution in [0.3, 0.4) is 0 Å². The summed E-state index contributed by atoms with van der Waals surface area (Å²) >= 11 is 0. The molecule has 1 saturated heterocycles. The van der Waals surface area contributed by atoms with Crippen molar-refractivity contribution in [2.45, 2.75) is 12.8 Å². The monoisotopic (exact) mass is 459 g/mol. The van der Waals surface area contributed by atoms with Gasteiger partial charge in [0.2, 0.25) is 0 Å². The Balaban J connectivity index is 1.87. The molecule has 0 radical (unpaired) electrons. The van der Waals surface area contributed by atoms with E-state index in [1.54, 1.807) is 0 Å². The average Bonchev–Trinajstić information content (AvgIpc) is 2.73. The molecule has 1 aliphatic rings. The Morgan fingerprint density at radius 3 is 2.31 bits per heavy atom. The quantitative estimate of drug-likeness (QED) is 0.653. The molecule has 1 aliphatic heterocycles. The number of methoxy groups -OCH3 is 1. The number of nitrogens with one attached hydrogen (secondary N) is 1. The second-order valence-corrected chi connectivity index (χ2v) is 7.22. The van der Waals surface area contributed by atoms with Gasteiger partial charge in [-0.2, -0.15) is 22.0 Å². The highest BCUT2D eigenvalue weighted by Crippen LogP contribution is 2.38. The molecule has 0 saturated carbocycles. The highest BCUT2D eigenvalue weighted by Gasteiger charge is 2.35. The van der Waals surface area contributed by atoms with Gasteiger partial charge in [0.25, 0.3) is 5.91 Å². The molecule has 174 valence electrons. The van der Waals surface area contributed by atoms with Crippen LogP contribution < -0.4 is 19.7 Å². The van der Waals surface area contributed by atoms with E-state index in [1.807, 2.05) is 11.9 Å². The fraction of sp³-hybridized carbons (Fsp3) is 0.381. The van der Waals surface area contributed by atoms with Crippen LogP contribution in [0, 0.1) is 0 Å². The summed E-state index contributed by atoms with van der Waals surface area (Å²) < 4.78 is 75.6. The lowest BCUT2D eigenvalue weighted by Gasteiger charge is -2.34. The molecule has 3 rings (SSSR count). The summed E-state index contributed by atoms with van der Waals surface area (Å²) in [6.07, 6.45) is -4.71. The fourth-order valence-electron chi connectivity index (χ4n) is 3.34. The number of ether oxygens (including phenoxy) is 2. The van der Waals surface area contributed by atoms with Crippen LogP contribution in [0.5, 0.6) is 11.5 Å². The molecule has 32 heavy (non-hydrogen) atoms. The van der Waals surface area contributed by atoms with Crippen molar-refractivity contribution in [3.8, 4) is 11.5 Å². The van der Waals surface area contributed by atoms with Crippen molar-refractivity contribution in [2.75, 3.05) is 50.6 Å². The van der Waals surface area contributed by atoms with Gasteiger partial charge in [-0.05, 0) is 43.4 Å². The Morgan fingerprint density at radius 2 is 1.72 bits per heavy atom. The molecule has 2 aromatic carbocycles. The summed E-state index contributed by atoms with van der Waals surface area (Å²) in [6, 6.07) is 7.13. The van der Waals surface area contributed by atoms with Crippen molar-refractivity contribution in [3.05, 3.63) is 47.5 Å². The topological polar surface area (TPSA) is 54.0 Å². The number of alkyl halides is 5. The smallest absolute Gasteiger partial charge is 0.418 e. The van der Waals surface area contributed by atoms with Gasteiger partial charge in [0.15, 0.2) is 11.5 Å². The predicted octanol–water partition coefficient (Wildman–Crippen LogP) is 4.32. The van der Waals surface area contributed by atoms with Gasteiger partial charge < -0.3 is 24.6 Å². The predicted molar refractivity (Wildman–Crippen MR) is 109 cm³/mol. The van der Waals surface area contributed by atoms with E-state index in [9.17, 15) is 26.7 Å². The standard InChI is InChI=1S/C21H22F5N3O3/c1-28-7-9-29(10-8-28)14-4-5-16(15(12-14)21(24,25)26)27-19(30)13-3-6-17(31-2)18(11-13)32-20(22)23/h3-6,11-12,20H,7-10H2,1-2H3,(H,27,30). The first-order valence-electron chi connectivity index (χ1n) is 9.67. The molecule has 1 N–H and O–H groups in total. The number of nitrogens with zero attached hydrogens (tertiary/aromatic N) is 2. The van der Waals surface area contributed by atoms with E-state index in [0.717, 1.165) is 25.2 Å². The molecular formula is C21H22F5N3O3. The molecule has 1 fully saturated rings. The van der Waals surface area contributed by atoms with Crippen LogP contribution in [0.25, 0.3) is 0 Å². The van der Waals surface area contributed by atoms with Crippen molar-refractivity contribution >= 4 is 17.3 Å². The van der Waals surface area contributed by atoms with Gasteiger partial charge in [0.05, 0.1) is 18.4 Å². The second-order valence-electron chi connectivity index (χ2n) is 7.22. The van der Waals surface area contributed by atoms with Crippen LogP contribution in [0.2, 0.25) is 0 Å². The number of rotatable bonds is 6. The molecule has 6 nitrogen and oxygen atoms in total. The lowest BCUT2D eigenvalue weighted by atomic mass is 10.1. The van der Waals surface area contributed by atoms with Crippen LogP contribution in [0.1, 0.15) is 15.9 Å². The number of amides is 1. The third-order valence-corrected chi connectivity index (χ3v) is 5.07. The first kappa shape index (κ1) is 23.6. The maximum Gasteiger partial charge on any atom is 0.418 e. The van der Waals surface area contributed by atoms with Gasteiger partial charge in [-0.3, -0.25) is 4.79 Å². The van der Waals surface area contributed by atoms with Crippen molar-refractivity contribution in [1.82, 2.24) is 4.90 Å². The number of likely N-dealkylation sites (N-methyl/N-ethyl adjacent to an activating group) is 1.